The Morgan fingerprint density at radius 1 is 0.815 bits per heavy atom. The van der Waals surface area contributed by atoms with E-state index in [0.29, 0.717) is 11.5 Å². The molecule has 0 saturated heterocycles. The van der Waals surface area contributed by atoms with Gasteiger partial charge in [-0.1, -0.05) is 57.3 Å². The summed E-state index contributed by atoms with van der Waals surface area (Å²) in [6.45, 7) is 2.31. The van der Waals surface area contributed by atoms with Crippen molar-refractivity contribution in [1.29, 1.82) is 5.26 Å². The quantitative estimate of drug-likeness (QED) is 0.405. The van der Waals surface area contributed by atoms with Crippen LogP contribution in [0, 0.1) is 46.8 Å². The Kier molecular flexibility index (Phi) is 7.83. The van der Waals surface area contributed by atoms with E-state index in [0.717, 1.165) is 23.3 Å². The van der Waals surface area contributed by atoms with Crippen LogP contribution in [-0.4, -0.2) is 0 Å². The first-order chi connectivity index (χ1) is 13.3. The van der Waals surface area contributed by atoms with Crippen molar-refractivity contribution in [1.82, 2.24) is 0 Å². The number of rotatable bonds is 5. The summed E-state index contributed by atoms with van der Waals surface area (Å²) < 4.78 is 0. The molecular formula is C26H35N. The van der Waals surface area contributed by atoms with Gasteiger partial charge in [0.05, 0.1) is 11.6 Å². The zero-order chi connectivity index (χ0) is 18.9. The minimum Gasteiger partial charge on any atom is -0.192 e. The zero-order valence-corrected chi connectivity index (χ0v) is 17.1. The van der Waals surface area contributed by atoms with Gasteiger partial charge in [-0.05, 0) is 80.5 Å². The van der Waals surface area contributed by atoms with E-state index in [9.17, 15) is 0 Å². The van der Waals surface area contributed by atoms with Gasteiger partial charge in [-0.15, -0.1) is 0 Å². The fraction of sp³-hybridized carbons (Fsp3) is 0.654. The third-order valence-corrected chi connectivity index (χ3v) is 6.98. The summed E-state index contributed by atoms with van der Waals surface area (Å²) in [7, 11) is 0. The van der Waals surface area contributed by atoms with Crippen LogP contribution >= 0.6 is 0 Å². The van der Waals surface area contributed by atoms with Crippen LogP contribution in [-0.2, 0) is 0 Å². The first kappa shape index (κ1) is 20.0. The SMILES string of the molecule is CCCCC[C@H]1CC[C@H](C2CCC(C#Cc3ccc(C#N)cc3)CC2)CC1. The molecule has 0 radical (unpaired) electrons. The first-order valence-electron chi connectivity index (χ1n) is 11.3. The monoisotopic (exact) mass is 361 g/mol. The Morgan fingerprint density at radius 3 is 2.00 bits per heavy atom. The smallest absolute Gasteiger partial charge is 0.0991 e. The lowest BCUT2D eigenvalue weighted by molar-refractivity contribution is 0.153. The van der Waals surface area contributed by atoms with Gasteiger partial charge < -0.3 is 0 Å². The van der Waals surface area contributed by atoms with Gasteiger partial charge in [0.1, 0.15) is 0 Å². The number of nitrogens with zero attached hydrogens (tertiary/aromatic N) is 1. The van der Waals surface area contributed by atoms with Crippen molar-refractivity contribution < 1.29 is 0 Å². The van der Waals surface area contributed by atoms with Crippen molar-refractivity contribution in [2.45, 2.75) is 84.0 Å². The Balaban J connectivity index is 1.39. The lowest BCUT2D eigenvalue weighted by Crippen LogP contribution is -2.25. The molecule has 2 aliphatic rings. The molecule has 0 N–H and O–H groups in total. The molecule has 27 heavy (non-hydrogen) atoms. The highest BCUT2D eigenvalue weighted by Gasteiger charge is 2.30. The second-order valence-electron chi connectivity index (χ2n) is 8.85. The Hall–Kier alpha value is -1.73. The molecule has 0 unspecified atom stereocenters. The van der Waals surface area contributed by atoms with E-state index < -0.39 is 0 Å². The van der Waals surface area contributed by atoms with Gasteiger partial charge in [-0.3, -0.25) is 0 Å². The van der Waals surface area contributed by atoms with Crippen LogP contribution in [0.3, 0.4) is 0 Å². The van der Waals surface area contributed by atoms with Gasteiger partial charge >= 0.3 is 0 Å². The second-order valence-corrected chi connectivity index (χ2v) is 8.85. The second kappa shape index (κ2) is 10.6. The molecule has 3 rings (SSSR count). The minimum atomic E-state index is 0.572. The van der Waals surface area contributed by atoms with Crippen molar-refractivity contribution in [2.75, 3.05) is 0 Å². The standard InChI is InChI=1S/C26H35N/c1-2-3-4-5-21-12-16-25(17-13-21)26-18-14-23(15-19-26)7-6-22-8-10-24(20-27)11-9-22/h8-11,21,23,25-26H,2-5,12-19H2,1H3/t21-,23?,25-,26?. The van der Waals surface area contributed by atoms with Crippen LogP contribution < -0.4 is 0 Å². The number of hydrogen-bond donors (Lipinski definition) is 0. The van der Waals surface area contributed by atoms with Crippen molar-refractivity contribution in [3.05, 3.63) is 35.4 Å². The highest BCUT2D eigenvalue weighted by Crippen LogP contribution is 2.42. The molecular weight excluding hydrogens is 326 g/mol. The van der Waals surface area contributed by atoms with Crippen LogP contribution in [0.15, 0.2) is 24.3 Å². The summed E-state index contributed by atoms with van der Waals surface area (Å²) >= 11 is 0. The van der Waals surface area contributed by atoms with Crippen molar-refractivity contribution in [3.63, 3.8) is 0 Å². The molecule has 0 spiro atoms. The third kappa shape index (κ3) is 6.14. The van der Waals surface area contributed by atoms with Crippen molar-refractivity contribution in [3.8, 4) is 17.9 Å². The van der Waals surface area contributed by atoms with Gasteiger partial charge in [-0.25, -0.2) is 0 Å². The highest BCUT2D eigenvalue weighted by molar-refractivity contribution is 5.40. The number of hydrogen-bond acceptors (Lipinski definition) is 1. The highest BCUT2D eigenvalue weighted by atomic mass is 14.4. The molecule has 1 aromatic carbocycles. The summed E-state index contributed by atoms with van der Waals surface area (Å²) in [4.78, 5) is 0. The molecule has 0 amide bonds. The van der Waals surface area contributed by atoms with Gasteiger partial charge in [-0.2, -0.15) is 5.26 Å². The van der Waals surface area contributed by atoms with E-state index in [2.05, 4.69) is 24.8 Å². The molecule has 2 fully saturated rings. The van der Waals surface area contributed by atoms with Crippen molar-refractivity contribution >= 4 is 0 Å². The summed E-state index contributed by atoms with van der Waals surface area (Å²) in [5.74, 6) is 10.4. The van der Waals surface area contributed by atoms with Gasteiger partial charge in [0.15, 0.2) is 0 Å². The van der Waals surface area contributed by atoms with E-state index in [-0.39, 0.29) is 0 Å². The van der Waals surface area contributed by atoms with Gasteiger partial charge in [0.25, 0.3) is 0 Å². The molecule has 0 aliphatic heterocycles. The summed E-state index contributed by atoms with van der Waals surface area (Å²) in [5.41, 5.74) is 1.75. The van der Waals surface area contributed by atoms with Crippen LogP contribution in [0.4, 0.5) is 0 Å². The Bertz CT molecular complexity index is 653. The van der Waals surface area contributed by atoms with E-state index in [1.165, 1.54) is 77.0 Å². The fourth-order valence-electron chi connectivity index (χ4n) is 5.18. The molecule has 1 heteroatoms. The maximum absolute atomic E-state index is 8.87. The molecule has 2 aliphatic carbocycles. The average Bonchev–Trinajstić information content (AvgIpc) is 2.74. The van der Waals surface area contributed by atoms with Crippen LogP contribution in [0.25, 0.3) is 0 Å². The van der Waals surface area contributed by atoms with Crippen LogP contribution in [0.2, 0.25) is 0 Å². The number of nitriles is 1. The lowest BCUT2D eigenvalue weighted by atomic mass is 9.69. The minimum absolute atomic E-state index is 0.572. The summed E-state index contributed by atoms with van der Waals surface area (Å²) in [5, 5.41) is 8.87. The molecule has 0 heterocycles. The predicted octanol–water partition coefficient (Wildman–Crippen LogP) is 7.10. The van der Waals surface area contributed by atoms with Crippen molar-refractivity contribution in [2.24, 2.45) is 23.7 Å². The molecule has 0 bridgehead atoms. The van der Waals surface area contributed by atoms with Crippen LogP contribution in [0.1, 0.15) is 95.1 Å². The zero-order valence-electron chi connectivity index (χ0n) is 17.1. The largest absolute Gasteiger partial charge is 0.192 e. The molecule has 0 aromatic heterocycles. The molecule has 1 aromatic rings. The van der Waals surface area contributed by atoms with E-state index in [4.69, 9.17) is 5.26 Å². The van der Waals surface area contributed by atoms with E-state index in [1.807, 2.05) is 24.3 Å². The fourth-order valence-corrected chi connectivity index (χ4v) is 5.18. The Labute approximate surface area is 166 Å². The van der Waals surface area contributed by atoms with E-state index in [1.54, 1.807) is 0 Å². The molecule has 1 nitrogen and oxygen atoms in total. The molecule has 0 atom stereocenters. The summed E-state index contributed by atoms with van der Waals surface area (Å²) in [6, 6.07) is 9.82. The predicted molar refractivity (Wildman–Crippen MR) is 113 cm³/mol. The topological polar surface area (TPSA) is 23.8 Å². The van der Waals surface area contributed by atoms with Gasteiger partial charge in [0, 0.05) is 11.5 Å². The third-order valence-electron chi connectivity index (χ3n) is 6.98. The average molecular weight is 362 g/mol. The van der Waals surface area contributed by atoms with Gasteiger partial charge in [0.2, 0.25) is 0 Å². The van der Waals surface area contributed by atoms with E-state index >= 15 is 0 Å². The Morgan fingerprint density at radius 2 is 1.41 bits per heavy atom. The number of unbranched alkanes of at least 4 members (excludes halogenated alkanes) is 2. The maximum atomic E-state index is 8.87. The summed E-state index contributed by atoms with van der Waals surface area (Å²) in [6.07, 6.45) is 17.0. The first-order valence-corrected chi connectivity index (χ1v) is 11.3. The lowest BCUT2D eigenvalue weighted by Gasteiger charge is -2.37. The molecule has 2 saturated carbocycles. The normalized spacial score (nSPS) is 28.0. The number of benzene rings is 1. The van der Waals surface area contributed by atoms with Crippen LogP contribution in [0.5, 0.6) is 0 Å². The maximum Gasteiger partial charge on any atom is 0.0991 e. The molecule has 144 valence electrons.